The molecule has 0 aromatic heterocycles. The van der Waals surface area contributed by atoms with Crippen molar-refractivity contribution in [1.82, 2.24) is 14.7 Å². The standard InChI is InChI=1S/C22H35N3O2/c1-4-23-12-14-24(15-13-23)17-22(27)10-5-11-25(21(22)26)16-19-6-8-20(9-7-19)18(2)3/h6-9,18,27H,4-5,10-17H2,1-3H3. The highest BCUT2D eigenvalue weighted by molar-refractivity contribution is 5.86. The van der Waals surface area contributed by atoms with Gasteiger partial charge in [-0.2, -0.15) is 0 Å². The van der Waals surface area contributed by atoms with E-state index >= 15 is 0 Å². The quantitative estimate of drug-likeness (QED) is 0.831. The first-order chi connectivity index (χ1) is 12.9. The van der Waals surface area contributed by atoms with Gasteiger partial charge in [-0.1, -0.05) is 45.0 Å². The van der Waals surface area contributed by atoms with Crippen LogP contribution in [-0.4, -0.2) is 77.1 Å². The zero-order valence-corrected chi connectivity index (χ0v) is 17.2. The van der Waals surface area contributed by atoms with Gasteiger partial charge in [-0.15, -0.1) is 0 Å². The molecular weight excluding hydrogens is 338 g/mol. The van der Waals surface area contributed by atoms with Crippen molar-refractivity contribution in [3.63, 3.8) is 0 Å². The molecule has 150 valence electrons. The summed E-state index contributed by atoms with van der Waals surface area (Å²) in [6, 6.07) is 8.52. The SMILES string of the molecule is CCN1CCN(CC2(O)CCCN(Cc3ccc(C(C)C)cc3)C2=O)CC1. The third-order valence-corrected chi connectivity index (χ3v) is 6.12. The van der Waals surface area contributed by atoms with E-state index in [1.807, 2.05) is 4.90 Å². The Hall–Kier alpha value is -1.43. The number of carbonyl (C=O) groups excluding carboxylic acids is 1. The molecule has 27 heavy (non-hydrogen) atoms. The number of amides is 1. The number of piperazine rings is 1. The maximum absolute atomic E-state index is 13.1. The van der Waals surface area contributed by atoms with Gasteiger partial charge in [0.25, 0.3) is 5.91 Å². The number of piperidine rings is 1. The minimum Gasteiger partial charge on any atom is -0.379 e. The number of rotatable bonds is 6. The summed E-state index contributed by atoms with van der Waals surface area (Å²) in [7, 11) is 0. The van der Waals surface area contributed by atoms with Gasteiger partial charge in [0.1, 0.15) is 0 Å². The van der Waals surface area contributed by atoms with E-state index in [2.05, 4.69) is 54.8 Å². The van der Waals surface area contributed by atoms with Gasteiger partial charge in [0, 0.05) is 45.8 Å². The molecule has 1 N–H and O–H groups in total. The lowest BCUT2D eigenvalue weighted by molar-refractivity contribution is -0.160. The van der Waals surface area contributed by atoms with Crippen LogP contribution in [0.5, 0.6) is 0 Å². The second-order valence-electron chi connectivity index (χ2n) is 8.47. The zero-order valence-electron chi connectivity index (χ0n) is 17.2. The van der Waals surface area contributed by atoms with E-state index in [1.54, 1.807) is 0 Å². The summed E-state index contributed by atoms with van der Waals surface area (Å²) in [4.78, 5) is 19.6. The van der Waals surface area contributed by atoms with Crippen LogP contribution in [0.25, 0.3) is 0 Å². The number of β-amino-alcohol motifs (C(OH)–C–C–N with tert-alkyl or cyclic N) is 1. The molecule has 0 saturated carbocycles. The van der Waals surface area contributed by atoms with E-state index in [9.17, 15) is 9.90 Å². The first-order valence-corrected chi connectivity index (χ1v) is 10.5. The lowest BCUT2D eigenvalue weighted by Gasteiger charge is -2.43. The van der Waals surface area contributed by atoms with Crippen LogP contribution in [0.15, 0.2) is 24.3 Å². The number of likely N-dealkylation sites (N-methyl/N-ethyl adjacent to an activating group) is 1. The van der Waals surface area contributed by atoms with E-state index in [0.29, 0.717) is 25.4 Å². The first kappa shape index (κ1) is 20.3. The number of benzene rings is 1. The summed E-state index contributed by atoms with van der Waals surface area (Å²) >= 11 is 0. The van der Waals surface area contributed by atoms with Gasteiger partial charge in [0.15, 0.2) is 5.60 Å². The first-order valence-electron chi connectivity index (χ1n) is 10.5. The summed E-state index contributed by atoms with van der Waals surface area (Å²) < 4.78 is 0. The van der Waals surface area contributed by atoms with E-state index in [4.69, 9.17) is 0 Å². The van der Waals surface area contributed by atoms with Crippen molar-refractivity contribution in [3.8, 4) is 0 Å². The van der Waals surface area contributed by atoms with Gasteiger partial charge in [-0.3, -0.25) is 9.69 Å². The van der Waals surface area contributed by atoms with E-state index < -0.39 is 5.60 Å². The minimum absolute atomic E-state index is 0.0976. The van der Waals surface area contributed by atoms with Crippen LogP contribution >= 0.6 is 0 Å². The Morgan fingerprint density at radius 2 is 1.67 bits per heavy atom. The van der Waals surface area contributed by atoms with Crippen LogP contribution in [0.2, 0.25) is 0 Å². The van der Waals surface area contributed by atoms with Crippen LogP contribution in [0.1, 0.15) is 50.7 Å². The van der Waals surface area contributed by atoms with E-state index in [-0.39, 0.29) is 5.91 Å². The second kappa shape index (κ2) is 8.72. The normalized spacial score (nSPS) is 25.4. The highest BCUT2D eigenvalue weighted by atomic mass is 16.3. The van der Waals surface area contributed by atoms with Gasteiger partial charge >= 0.3 is 0 Å². The predicted molar refractivity (Wildman–Crippen MR) is 109 cm³/mol. The summed E-state index contributed by atoms with van der Waals surface area (Å²) in [5, 5.41) is 11.1. The van der Waals surface area contributed by atoms with Gasteiger partial charge in [-0.25, -0.2) is 0 Å². The smallest absolute Gasteiger partial charge is 0.256 e. The molecule has 2 saturated heterocycles. The van der Waals surface area contributed by atoms with Crippen LogP contribution < -0.4 is 0 Å². The Morgan fingerprint density at radius 3 is 2.26 bits per heavy atom. The summed E-state index contributed by atoms with van der Waals surface area (Å²) in [5.74, 6) is 0.411. The highest BCUT2D eigenvalue weighted by Crippen LogP contribution is 2.26. The highest BCUT2D eigenvalue weighted by Gasteiger charge is 2.43. The molecule has 0 spiro atoms. The van der Waals surface area contributed by atoms with E-state index in [1.165, 1.54) is 5.56 Å². The summed E-state index contributed by atoms with van der Waals surface area (Å²) in [5.41, 5.74) is 1.21. The van der Waals surface area contributed by atoms with Crippen molar-refractivity contribution < 1.29 is 9.90 Å². The zero-order chi connectivity index (χ0) is 19.4. The molecule has 0 bridgehead atoms. The van der Waals surface area contributed by atoms with Crippen molar-refractivity contribution in [1.29, 1.82) is 0 Å². The van der Waals surface area contributed by atoms with Crippen LogP contribution in [-0.2, 0) is 11.3 Å². The lowest BCUT2D eigenvalue weighted by Crippen LogP contribution is -2.60. The molecule has 1 unspecified atom stereocenters. The number of carbonyl (C=O) groups is 1. The summed E-state index contributed by atoms with van der Waals surface area (Å²) in [6.07, 6.45) is 1.43. The molecule has 5 nitrogen and oxygen atoms in total. The van der Waals surface area contributed by atoms with E-state index in [0.717, 1.165) is 51.3 Å². The van der Waals surface area contributed by atoms with Crippen molar-refractivity contribution >= 4 is 5.91 Å². The molecular formula is C22H35N3O2. The van der Waals surface area contributed by atoms with Crippen LogP contribution in [0.4, 0.5) is 0 Å². The average Bonchev–Trinajstić information content (AvgIpc) is 2.67. The van der Waals surface area contributed by atoms with Crippen LogP contribution in [0.3, 0.4) is 0 Å². The third-order valence-electron chi connectivity index (χ3n) is 6.12. The molecule has 1 amide bonds. The van der Waals surface area contributed by atoms with Gasteiger partial charge in [-0.05, 0) is 36.4 Å². The van der Waals surface area contributed by atoms with Crippen molar-refractivity contribution in [2.75, 3.05) is 45.8 Å². The maximum Gasteiger partial charge on any atom is 0.256 e. The Balaban J connectivity index is 1.60. The van der Waals surface area contributed by atoms with Crippen molar-refractivity contribution in [2.24, 2.45) is 0 Å². The largest absolute Gasteiger partial charge is 0.379 e. The molecule has 5 heteroatoms. The Labute approximate surface area is 163 Å². The van der Waals surface area contributed by atoms with Crippen LogP contribution in [0, 0.1) is 0 Å². The molecule has 2 fully saturated rings. The molecule has 0 radical (unpaired) electrons. The van der Waals surface area contributed by atoms with Crippen molar-refractivity contribution in [3.05, 3.63) is 35.4 Å². The fraction of sp³-hybridized carbons (Fsp3) is 0.682. The number of nitrogens with zero attached hydrogens (tertiary/aromatic N) is 3. The third kappa shape index (κ3) is 4.89. The fourth-order valence-corrected chi connectivity index (χ4v) is 4.22. The second-order valence-corrected chi connectivity index (χ2v) is 8.47. The average molecular weight is 374 g/mol. The predicted octanol–water partition coefficient (Wildman–Crippen LogP) is 2.30. The molecule has 0 aliphatic carbocycles. The minimum atomic E-state index is -1.23. The number of hydrogen-bond donors (Lipinski definition) is 1. The monoisotopic (exact) mass is 373 g/mol. The van der Waals surface area contributed by atoms with Gasteiger partial charge < -0.3 is 14.9 Å². The molecule has 2 heterocycles. The number of aliphatic hydroxyl groups is 1. The Bertz CT molecular complexity index is 623. The number of likely N-dealkylation sites (tertiary alicyclic amines) is 1. The topological polar surface area (TPSA) is 47.0 Å². The number of hydrogen-bond acceptors (Lipinski definition) is 4. The summed E-state index contributed by atoms with van der Waals surface area (Å²) in [6.45, 7) is 13.3. The van der Waals surface area contributed by atoms with Crippen molar-refractivity contribution in [2.45, 2.75) is 51.7 Å². The lowest BCUT2D eigenvalue weighted by atomic mass is 9.90. The molecule has 2 aliphatic rings. The molecule has 2 aliphatic heterocycles. The molecule has 1 aromatic carbocycles. The Kier molecular flexibility index (Phi) is 6.56. The van der Waals surface area contributed by atoms with Gasteiger partial charge in [0.05, 0.1) is 0 Å². The Morgan fingerprint density at radius 1 is 1.04 bits per heavy atom. The molecule has 1 aromatic rings. The maximum atomic E-state index is 13.1. The van der Waals surface area contributed by atoms with Gasteiger partial charge in [0.2, 0.25) is 0 Å². The fourth-order valence-electron chi connectivity index (χ4n) is 4.22. The molecule has 3 rings (SSSR count). The molecule has 1 atom stereocenters.